The molecule has 3 rings (SSSR count). The SMILES string of the molecule is Clc1ccc(-c2nnc(CC3CNC3)o2)cc1. The van der Waals surface area contributed by atoms with E-state index in [1.807, 2.05) is 24.3 Å². The summed E-state index contributed by atoms with van der Waals surface area (Å²) in [5, 5.41) is 12.0. The van der Waals surface area contributed by atoms with Gasteiger partial charge in [-0.25, -0.2) is 0 Å². The fraction of sp³-hybridized carbons (Fsp3) is 0.333. The first-order chi connectivity index (χ1) is 8.31. The quantitative estimate of drug-likeness (QED) is 0.906. The molecule has 0 atom stereocenters. The molecule has 1 aliphatic heterocycles. The van der Waals surface area contributed by atoms with Gasteiger partial charge in [-0.05, 0) is 43.3 Å². The van der Waals surface area contributed by atoms with Gasteiger partial charge in [0.15, 0.2) is 0 Å². The van der Waals surface area contributed by atoms with Gasteiger partial charge in [-0.1, -0.05) is 11.6 Å². The zero-order valence-corrected chi connectivity index (χ0v) is 9.94. The summed E-state index contributed by atoms with van der Waals surface area (Å²) in [5.41, 5.74) is 0.903. The molecule has 0 amide bonds. The van der Waals surface area contributed by atoms with Crippen LogP contribution in [0.4, 0.5) is 0 Å². The second-order valence-corrected chi connectivity index (χ2v) is 4.67. The first-order valence-electron chi connectivity index (χ1n) is 5.60. The molecule has 0 spiro atoms. The molecular formula is C12H12ClN3O. The Bertz CT molecular complexity index is 505. The van der Waals surface area contributed by atoms with Gasteiger partial charge in [-0.3, -0.25) is 0 Å². The van der Waals surface area contributed by atoms with Gasteiger partial charge in [0.25, 0.3) is 0 Å². The largest absolute Gasteiger partial charge is 0.421 e. The maximum atomic E-state index is 5.83. The van der Waals surface area contributed by atoms with Crippen LogP contribution in [0.5, 0.6) is 0 Å². The van der Waals surface area contributed by atoms with Gasteiger partial charge < -0.3 is 9.73 Å². The van der Waals surface area contributed by atoms with E-state index in [0.29, 0.717) is 22.7 Å². The molecule has 0 aliphatic carbocycles. The lowest BCUT2D eigenvalue weighted by Crippen LogP contribution is -2.43. The molecule has 5 heteroatoms. The molecule has 1 aromatic heterocycles. The minimum Gasteiger partial charge on any atom is -0.421 e. The summed E-state index contributed by atoms with van der Waals surface area (Å²) in [6.07, 6.45) is 0.855. The summed E-state index contributed by atoms with van der Waals surface area (Å²) in [6.45, 7) is 2.08. The summed E-state index contributed by atoms with van der Waals surface area (Å²) in [4.78, 5) is 0. The molecule has 1 aliphatic rings. The molecule has 0 saturated carbocycles. The van der Waals surface area contributed by atoms with Crippen molar-refractivity contribution >= 4 is 11.6 Å². The Morgan fingerprint density at radius 3 is 2.65 bits per heavy atom. The molecule has 1 N–H and O–H groups in total. The highest BCUT2D eigenvalue weighted by Crippen LogP contribution is 2.21. The van der Waals surface area contributed by atoms with Gasteiger partial charge in [0, 0.05) is 17.0 Å². The Hall–Kier alpha value is -1.39. The third-order valence-electron chi connectivity index (χ3n) is 2.89. The predicted molar refractivity (Wildman–Crippen MR) is 64.8 cm³/mol. The van der Waals surface area contributed by atoms with Crippen LogP contribution in [0.15, 0.2) is 28.7 Å². The summed E-state index contributed by atoms with van der Waals surface area (Å²) >= 11 is 5.83. The van der Waals surface area contributed by atoms with E-state index in [0.717, 1.165) is 25.1 Å². The molecule has 0 radical (unpaired) electrons. The highest BCUT2D eigenvalue weighted by atomic mass is 35.5. The second kappa shape index (κ2) is 4.47. The first-order valence-corrected chi connectivity index (χ1v) is 5.98. The van der Waals surface area contributed by atoms with Gasteiger partial charge in [-0.15, -0.1) is 10.2 Å². The van der Waals surface area contributed by atoms with Crippen molar-refractivity contribution < 1.29 is 4.42 Å². The van der Waals surface area contributed by atoms with Crippen LogP contribution >= 0.6 is 11.6 Å². The Morgan fingerprint density at radius 2 is 2.00 bits per heavy atom. The first kappa shape index (κ1) is 10.7. The number of nitrogens with zero attached hydrogens (tertiary/aromatic N) is 2. The second-order valence-electron chi connectivity index (χ2n) is 4.24. The summed E-state index contributed by atoms with van der Waals surface area (Å²) in [7, 11) is 0. The van der Waals surface area contributed by atoms with E-state index in [9.17, 15) is 0 Å². The lowest BCUT2D eigenvalue weighted by atomic mass is 10.00. The highest BCUT2D eigenvalue weighted by molar-refractivity contribution is 6.30. The standard InChI is InChI=1S/C12H12ClN3O/c13-10-3-1-9(2-4-10)12-16-15-11(17-12)5-8-6-14-7-8/h1-4,8,14H,5-7H2. The average Bonchev–Trinajstić information content (AvgIpc) is 2.73. The molecule has 4 nitrogen and oxygen atoms in total. The molecule has 0 unspecified atom stereocenters. The summed E-state index contributed by atoms with van der Waals surface area (Å²) in [5.74, 6) is 1.90. The fourth-order valence-corrected chi connectivity index (χ4v) is 1.91. The van der Waals surface area contributed by atoms with Crippen LogP contribution in [0.25, 0.3) is 11.5 Å². The zero-order valence-electron chi connectivity index (χ0n) is 9.19. The fourth-order valence-electron chi connectivity index (χ4n) is 1.78. The van der Waals surface area contributed by atoms with E-state index in [2.05, 4.69) is 15.5 Å². The molecule has 1 saturated heterocycles. The van der Waals surface area contributed by atoms with E-state index in [1.165, 1.54) is 0 Å². The van der Waals surface area contributed by atoms with Crippen molar-refractivity contribution in [2.24, 2.45) is 5.92 Å². The Kier molecular flexibility index (Phi) is 2.82. The van der Waals surface area contributed by atoms with Gasteiger partial charge in [0.2, 0.25) is 11.8 Å². The van der Waals surface area contributed by atoms with Crippen LogP contribution < -0.4 is 5.32 Å². The third kappa shape index (κ3) is 2.33. The van der Waals surface area contributed by atoms with Crippen LogP contribution in [-0.2, 0) is 6.42 Å². The van der Waals surface area contributed by atoms with Crippen LogP contribution in [-0.4, -0.2) is 23.3 Å². The summed E-state index contributed by atoms with van der Waals surface area (Å²) in [6, 6.07) is 7.39. The van der Waals surface area contributed by atoms with E-state index in [-0.39, 0.29) is 0 Å². The van der Waals surface area contributed by atoms with Crippen molar-refractivity contribution in [2.45, 2.75) is 6.42 Å². The molecule has 2 heterocycles. The number of benzene rings is 1. The number of hydrogen-bond donors (Lipinski definition) is 1. The van der Waals surface area contributed by atoms with Gasteiger partial charge in [0.05, 0.1) is 0 Å². The van der Waals surface area contributed by atoms with Crippen LogP contribution in [0.2, 0.25) is 5.02 Å². The van der Waals surface area contributed by atoms with E-state index in [1.54, 1.807) is 0 Å². The number of aromatic nitrogens is 2. The monoisotopic (exact) mass is 249 g/mol. The molecule has 2 aromatic rings. The number of halogens is 1. The Labute approximate surface area is 104 Å². The minimum atomic E-state index is 0.559. The smallest absolute Gasteiger partial charge is 0.247 e. The highest BCUT2D eigenvalue weighted by Gasteiger charge is 2.20. The normalized spacial score (nSPS) is 15.8. The molecule has 1 fully saturated rings. The topological polar surface area (TPSA) is 51.0 Å². The van der Waals surface area contributed by atoms with E-state index >= 15 is 0 Å². The van der Waals surface area contributed by atoms with Gasteiger partial charge >= 0.3 is 0 Å². The third-order valence-corrected chi connectivity index (χ3v) is 3.14. The van der Waals surface area contributed by atoms with E-state index < -0.39 is 0 Å². The van der Waals surface area contributed by atoms with Gasteiger partial charge in [-0.2, -0.15) is 0 Å². The van der Waals surface area contributed by atoms with Crippen molar-refractivity contribution in [3.8, 4) is 11.5 Å². The maximum absolute atomic E-state index is 5.83. The average molecular weight is 250 g/mol. The number of hydrogen-bond acceptors (Lipinski definition) is 4. The van der Waals surface area contributed by atoms with E-state index in [4.69, 9.17) is 16.0 Å². The predicted octanol–water partition coefficient (Wildman–Crippen LogP) is 2.15. The number of rotatable bonds is 3. The van der Waals surface area contributed by atoms with Gasteiger partial charge in [0.1, 0.15) is 0 Å². The molecule has 88 valence electrons. The number of nitrogens with one attached hydrogen (secondary N) is 1. The van der Waals surface area contributed by atoms with Crippen LogP contribution in [0, 0.1) is 5.92 Å². The van der Waals surface area contributed by atoms with Crippen molar-refractivity contribution in [2.75, 3.05) is 13.1 Å². The van der Waals surface area contributed by atoms with Crippen molar-refractivity contribution in [1.82, 2.24) is 15.5 Å². The minimum absolute atomic E-state index is 0.559. The lowest BCUT2D eigenvalue weighted by Gasteiger charge is -2.25. The molecule has 0 bridgehead atoms. The lowest BCUT2D eigenvalue weighted by molar-refractivity contribution is 0.319. The van der Waals surface area contributed by atoms with Crippen molar-refractivity contribution in [3.05, 3.63) is 35.2 Å². The molecule has 1 aromatic carbocycles. The maximum Gasteiger partial charge on any atom is 0.247 e. The van der Waals surface area contributed by atoms with Crippen LogP contribution in [0.1, 0.15) is 5.89 Å². The zero-order chi connectivity index (χ0) is 11.7. The Morgan fingerprint density at radius 1 is 1.24 bits per heavy atom. The molecule has 17 heavy (non-hydrogen) atoms. The molecular weight excluding hydrogens is 238 g/mol. The van der Waals surface area contributed by atoms with Crippen LogP contribution in [0.3, 0.4) is 0 Å². The summed E-state index contributed by atoms with van der Waals surface area (Å²) < 4.78 is 5.62. The Balaban J connectivity index is 1.76. The van der Waals surface area contributed by atoms with Crippen molar-refractivity contribution in [1.29, 1.82) is 0 Å². The van der Waals surface area contributed by atoms with Crippen molar-refractivity contribution in [3.63, 3.8) is 0 Å².